The minimum Gasteiger partial charge on any atom is -0.505 e. The average Bonchev–Trinajstić information content (AvgIpc) is 3.13. The van der Waals surface area contributed by atoms with Crippen LogP contribution in [0.2, 0.25) is 0 Å². The Kier molecular flexibility index (Phi) is 10.4. The van der Waals surface area contributed by atoms with Crippen molar-refractivity contribution in [3.05, 3.63) is 108 Å². The van der Waals surface area contributed by atoms with Gasteiger partial charge in [-0.25, -0.2) is 9.97 Å². The van der Waals surface area contributed by atoms with E-state index in [0.29, 0.717) is 44.5 Å². The van der Waals surface area contributed by atoms with Crippen molar-refractivity contribution in [2.24, 2.45) is 0 Å². The number of hydrogen-bond donors (Lipinski definition) is 4. The maximum atomic E-state index is 12.2. The van der Waals surface area contributed by atoms with E-state index in [9.17, 15) is 24.6 Å². The van der Waals surface area contributed by atoms with E-state index in [2.05, 4.69) is 15.3 Å². The maximum absolute atomic E-state index is 12.2. The molecule has 5 N–H and O–H groups in total. The zero-order valence-corrected chi connectivity index (χ0v) is 26.5. The summed E-state index contributed by atoms with van der Waals surface area (Å²) < 4.78 is 21.8. The Morgan fingerprint density at radius 3 is 1.66 bits per heavy atom. The number of aromatic nitrogens is 2. The minimum absolute atomic E-state index is 0.106. The summed E-state index contributed by atoms with van der Waals surface area (Å²) in [6.07, 6.45) is 0. The summed E-state index contributed by atoms with van der Waals surface area (Å²) in [7, 11) is 3.09. The number of aromatic hydroxyl groups is 2. The van der Waals surface area contributed by atoms with Crippen molar-refractivity contribution in [2.75, 3.05) is 20.8 Å². The predicted octanol–water partition coefficient (Wildman–Crippen LogP) is 5.72. The van der Waals surface area contributed by atoms with E-state index in [4.69, 9.17) is 29.8 Å². The molecule has 0 saturated heterocycles. The van der Waals surface area contributed by atoms with Gasteiger partial charge in [0.05, 0.1) is 14.2 Å². The van der Waals surface area contributed by atoms with Crippen molar-refractivity contribution in [1.29, 1.82) is 0 Å². The van der Waals surface area contributed by atoms with Crippen LogP contribution in [0.1, 0.15) is 21.0 Å². The Labute approximate surface area is 284 Å². The van der Waals surface area contributed by atoms with Gasteiger partial charge in [0.15, 0.2) is 22.9 Å². The number of hydrogen-bond acceptors (Lipinski definition) is 11. The van der Waals surface area contributed by atoms with Crippen molar-refractivity contribution in [1.82, 2.24) is 21.0 Å². The number of nitrogens with one attached hydrogen (secondary N) is 2. The number of amides is 2. The quantitative estimate of drug-likeness (QED) is 0.137. The first kappa shape index (κ1) is 34.3. The van der Waals surface area contributed by atoms with Gasteiger partial charge < -0.3 is 39.6 Å². The highest BCUT2D eigenvalue weighted by Gasteiger charge is 2.21. The molecule has 50 heavy (non-hydrogen) atoms. The molecule has 0 spiro atoms. The molecule has 0 atom stereocenters. The topological polar surface area (TPSA) is 210 Å². The molecule has 14 heteroatoms. The highest BCUT2D eigenvalue weighted by atomic mass is 16.5. The molecule has 0 fully saturated rings. The molecule has 253 valence electrons. The molecular formula is C36H29N4O10. The summed E-state index contributed by atoms with van der Waals surface area (Å²) in [5.41, 5.74) is 6.57. The average molecular weight is 678 g/mol. The number of carbonyl (C=O) groups excluding carboxylic acids is 2. The van der Waals surface area contributed by atoms with Crippen LogP contribution in [-0.2, 0) is 4.79 Å². The SMILES string of the molecule is COc1ccc(Oc2nc(C(=O)NCC(=O)O)c(O)c3ccccc23)cc1.COc1cccc(Oc2nc(C([NH])=O)c(O)c3ccccc23)c1. The summed E-state index contributed by atoms with van der Waals surface area (Å²) in [5.74, 6) is -1.35. The van der Waals surface area contributed by atoms with Crippen molar-refractivity contribution < 1.29 is 48.7 Å². The maximum Gasteiger partial charge on any atom is 0.322 e. The van der Waals surface area contributed by atoms with Crippen LogP contribution in [-0.4, -0.2) is 63.8 Å². The molecule has 6 rings (SSSR count). The first-order valence-corrected chi connectivity index (χ1v) is 14.7. The first-order valence-electron chi connectivity index (χ1n) is 14.7. The Bertz CT molecular complexity index is 2210. The number of carboxylic acids is 1. The van der Waals surface area contributed by atoms with Gasteiger partial charge in [0, 0.05) is 27.6 Å². The van der Waals surface area contributed by atoms with Crippen LogP contribution < -0.4 is 30.0 Å². The van der Waals surface area contributed by atoms with Gasteiger partial charge in [0.25, 0.3) is 11.8 Å². The van der Waals surface area contributed by atoms with Crippen LogP contribution in [0, 0.1) is 0 Å². The molecule has 2 heterocycles. The minimum atomic E-state index is -1.21. The lowest BCUT2D eigenvalue weighted by molar-refractivity contribution is -0.135. The second kappa shape index (κ2) is 15.2. The molecule has 1 radical (unpaired) electrons. The lowest BCUT2D eigenvalue weighted by atomic mass is 10.1. The number of carbonyl (C=O) groups is 3. The number of carboxylic acid groups (broad SMARTS) is 1. The fourth-order valence-electron chi connectivity index (χ4n) is 4.68. The van der Waals surface area contributed by atoms with Crippen LogP contribution in [0.5, 0.6) is 46.3 Å². The summed E-state index contributed by atoms with van der Waals surface area (Å²) in [5, 5.41) is 33.2. The monoisotopic (exact) mass is 677 g/mol. The van der Waals surface area contributed by atoms with Gasteiger partial charge in [-0.1, -0.05) is 42.5 Å². The lowest BCUT2D eigenvalue weighted by Crippen LogP contribution is -2.30. The van der Waals surface area contributed by atoms with E-state index >= 15 is 0 Å². The van der Waals surface area contributed by atoms with Gasteiger partial charge in [-0.3, -0.25) is 20.1 Å². The molecule has 2 aromatic heterocycles. The second-order valence-electron chi connectivity index (χ2n) is 10.3. The highest BCUT2D eigenvalue weighted by Crippen LogP contribution is 2.37. The zero-order valence-electron chi connectivity index (χ0n) is 26.5. The van der Waals surface area contributed by atoms with Crippen LogP contribution in [0.4, 0.5) is 0 Å². The molecule has 2 amide bonds. The van der Waals surface area contributed by atoms with Crippen molar-refractivity contribution in [2.45, 2.75) is 0 Å². The molecule has 0 bridgehead atoms. The third-order valence-corrected chi connectivity index (χ3v) is 7.06. The van der Waals surface area contributed by atoms with E-state index in [1.54, 1.807) is 111 Å². The Hall–Kier alpha value is -7.09. The number of fused-ring (bicyclic) bond motifs is 2. The predicted molar refractivity (Wildman–Crippen MR) is 180 cm³/mol. The summed E-state index contributed by atoms with van der Waals surface area (Å²) in [6.45, 7) is -0.596. The van der Waals surface area contributed by atoms with Crippen LogP contribution in [0.15, 0.2) is 97.1 Å². The summed E-state index contributed by atoms with van der Waals surface area (Å²) >= 11 is 0. The van der Waals surface area contributed by atoms with E-state index in [1.807, 2.05) is 0 Å². The number of nitrogens with zero attached hydrogens (tertiary/aromatic N) is 2. The molecule has 0 aliphatic rings. The number of pyridine rings is 2. The number of aliphatic carboxylic acids is 1. The van der Waals surface area contributed by atoms with E-state index in [0.717, 1.165) is 0 Å². The van der Waals surface area contributed by atoms with Gasteiger partial charge in [0.2, 0.25) is 11.8 Å². The number of ether oxygens (including phenoxy) is 4. The number of methoxy groups -OCH3 is 2. The normalized spacial score (nSPS) is 10.4. The zero-order chi connectivity index (χ0) is 35.8. The van der Waals surface area contributed by atoms with Gasteiger partial charge in [-0.15, -0.1) is 0 Å². The van der Waals surface area contributed by atoms with E-state index < -0.39 is 24.3 Å². The molecule has 0 unspecified atom stereocenters. The fraction of sp³-hybridized carbons (Fsp3) is 0.0833. The first-order chi connectivity index (χ1) is 24.1. The Balaban J connectivity index is 0.000000197. The lowest BCUT2D eigenvalue weighted by Gasteiger charge is -2.12. The van der Waals surface area contributed by atoms with Gasteiger partial charge >= 0.3 is 5.97 Å². The van der Waals surface area contributed by atoms with E-state index in [-0.39, 0.29) is 34.6 Å². The van der Waals surface area contributed by atoms with E-state index in [1.165, 1.54) is 0 Å². The van der Waals surface area contributed by atoms with Crippen molar-refractivity contribution >= 4 is 39.3 Å². The Morgan fingerprint density at radius 1 is 0.640 bits per heavy atom. The number of benzene rings is 4. The molecule has 0 saturated carbocycles. The molecular weight excluding hydrogens is 648 g/mol. The third-order valence-electron chi connectivity index (χ3n) is 7.06. The van der Waals surface area contributed by atoms with Crippen LogP contribution >= 0.6 is 0 Å². The van der Waals surface area contributed by atoms with Crippen molar-refractivity contribution in [3.63, 3.8) is 0 Å². The van der Waals surface area contributed by atoms with Gasteiger partial charge in [0.1, 0.15) is 29.5 Å². The molecule has 0 aliphatic carbocycles. The van der Waals surface area contributed by atoms with Crippen LogP contribution in [0.3, 0.4) is 0 Å². The summed E-state index contributed by atoms with van der Waals surface area (Å²) in [4.78, 5) is 42.4. The van der Waals surface area contributed by atoms with Gasteiger partial charge in [-0.2, -0.15) is 0 Å². The second-order valence-corrected chi connectivity index (χ2v) is 10.3. The molecule has 14 nitrogen and oxygen atoms in total. The largest absolute Gasteiger partial charge is 0.505 e. The smallest absolute Gasteiger partial charge is 0.322 e. The third kappa shape index (κ3) is 7.71. The fourth-order valence-corrected chi connectivity index (χ4v) is 4.68. The van der Waals surface area contributed by atoms with Crippen molar-refractivity contribution in [3.8, 4) is 46.3 Å². The number of rotatable bonds is 10. The standard InChI is InChI=1S/C19H16N2O6.C17H13N2O4/c1-26-11-6-8-12(9-7-11)27-19-14-5-3-2-4-13(14)17(24)16(21-19)18(25)20-10-15(22)23;1-22-10-5-4-6-11(9-10)23-17-13-8-3-2-7-12(13)15(20)14(19-17)16(18)21/h2-9,24H,10H2,1H3,(H,20,25)(H,22,23);2-9,18,20H,1H3. The highest BCUT2D eigenvalue weighted by molar-refractivity contribution is 6.04. The molecule has 6 aromatic rings. The summed E-state index contributed by atoms with van der Waals surface area (Å²) in [6, 6.07) is 27.3. The Morgan fingerprint density at radius 2 is 1.12 bits per heavy atom. The van der Waals surface area contributed by atoms with Gasteiger partial charge in [-0.05, 0) is 48.5 Å². The molecule has 0 aliphatic heterocycles. The van der Waals surface area contributed by atoms with Crippen LogP contribution in [0.25, 0.3) is 21.5 Å². The molecule has 4 aromatic carbocycles.